The fraction of sp³-hybridized carbons (Fsp3) is 0.417. The molecular weight excluding hydrogens is 174 g/mol. The first-order valence-electron chi connectivity index (χ1n) is 5.08. The molecular formula is C12H18NO. The van der Waals surface area contributed by atoms with Crippen LogP contribution in [0.3, 0.4) is 0 Å². The van der Waals surface area contributed by atoms with Gasteiger partial charge in [-0.1, -0.05) is 25.5 Å². The predicted octanol–water partition coefficient (Wildman–Crippen LogP) is 2.18. The quantitative estimate of drug-likeness (QED) is 0.749. The van der Waals surface area contributed by atoms with E-state index in [2.05, 4.69) is 19.1 Å². The van der Waals surface area contributed by atoms with Crippen LogP contribution in [0.1, 0.15) is 18.4 Å². The molecule has 2 N–H and O–H groups in total. The highest BCUT2D eigenvalue weighted by molar-refractivity contribution is 5.27. The summed E-state index contributed by atoms with van der Waals surface area (Å²) in [6.45, 7) is 4.96. The molecule has 14 heavy (non-hydrogen) atoms. The molecule has 0 aliphatic rings. The highest BCUT2D eigenvalue weighted by Crippen LogP contribution is 2.13. The molecule has 1 aromatic rings. The molecule has 2 nitrogen and oxygen atoms in total. The summed E-state index contributed by atoms with van der Waals surface area (Å²) in [6, 6.07) is 8.19. The van der Waals surface area contributed by atoms with Crippen LogP contribution in [0.4, 0.5) is 0 Å². The third-order valence-corrected chi connectivity index (χ3v) is 2.03. The maximum absolute atomic E-state index is 5.38. The SMILES string of the molecule is [CH2]CCCc1ccc(OCCN)cc1. The second-order valence-corrected chi connectivity index (χ2v) is 3.24. The van der Waals surface area contributed by atoms with Crippen molar-refractivity contribution in [2.75, 3.05) is 13.2 Å². The molecule has 0 aliphatic carbocycles. The molecule has 0 heterocycles. The van der Waals surface area contributed by atoms with Gasteiger partial charge in [-0.25, -0.2) is 0 Å². The standard InChI is InChI=1S/C12H18NO/c1-2-3-4-11-5-7-12(8-6-11)14-10-9-13/h5-8H,1-4,9-10,13H2. The van der Waals surface area contributed by atoms with Gasteiger partial charge in [-0.15, -0.1) is 0 Å². The van der Waals surface area contributed by atoms with Crippen molar-refractivity contribution in [3.63, 3.8) is 0 Å². The number of benzene rings is 1. The average molecular weight is 192 g/mol. The van der Waals surface area contributed by atoms with Crippen LogP contribution >= 0.6 is 0 Å². The topological polar surface area (TPSA) is 35.2 Å². The third kappa shape index (κ3) is 3.79. The first kappa shape index (κ1) is 11.1. The van der Waals surface area contributed by atoms with Crippen molar-refractivity contribution in [3.05, 3.63) is 36.8 Å². The van der Waals surface area contributed by atoms with E-state index in [-0.39, 0.29) is 0 Å². The van der Waals surface area contributed by atoms with Crippen LogP contribution in [0.25, 0.3) is 0 Å². The molecule has 0 aromatic heterocycles. The minimum atomic E-state index is 0.559. The van der Waals surface area contributed by atoms with Crippen molar-refractivity contribution in [2.45, 2.75) is 19.3 Å². The van der Waals surface area contributed by atoms with Gasteiger partial charge in [0.05, 0.1) is 0 Å². The Kier molecular flexibility index (Phi) is 5.08. The van der Waals surface area contributed by atoms with Gasteiger partial charge in [0.1, 0.15) is 12.4 Å². The summed E-state index contributed by atoms with van der Waals surface area (Å²) in [5.41, 5.74) is 6.68. The van der Waals surface area contributed by atoms with E-state index >= 15 is 0 Å². The van der Waals surface area contributed by atoms with Gasteiger partial charge in [0.25, 0.3) is 0 Å². The van der Waals surface area contributed by atoms with Gasteiger partial charge in [0.2, 0.25) is 0 Å². The zero-order valence-corrected chi connectivity index (χ0v) is 8.54. The van der Waals surface area contributed by atoms with Crippen LogP contribution in [0.5, 0.6) is 5.75 Å². The Morgan fingerprint density at radius 3 is 2.50 bits per heavy atom. The van der Waals surface area contributed by atoms with Crippen LogP contribution in [0.15, 0.2) is 24.3 Å². The van der Waals surface area contributed by atoms with Crippen LogP contribution in [-0.2, 0) is 6.42 Å². The van der Waals surface area contributed by atoms with Gasteiger partial charge in [-0.2, -0.15) is 0 Å². The number of hydrogen-bond acceptors (Lipinski definition) is 2. The number of ether oxygens (including phenoxy) is 1. The number of unbranched alkanes of at least 4 members (excludes halogenated alkanes) is 1. The molecule has 1 rings (SSSR count). The summed E-state index contributed by atoms with van der Waals surface area (Å²) < 4.78 is 5.38. The summed E-state index contributed by atoms with van der Waals surface area (Å²) in [6.07, 6.45) is 3.23. The van der Waals surface area contributed by atoms with Crippen molar-refractivity contribution >= 4 is 0 Å². The summed E-state index contributed by atoms with van der Waals surface area (Å²) in [4.78, 5) is 0. The molecule has 0 saturated carbocycles. The monoisotopic (exact) mass is 192 g/mol. The van der Waals surface area contributed by atoms with E-state index in [4.69, 9.17) is 10.5 Å². The van der Waals surface area contributed by atoms with Gasteiger partial charge in [-0.05, 0) is 30.5 Å². The van der Waals surface area contributed by atoms with Gasteiger partial charge >= 0.3 is 0 Å². The van der Waals surface area contributed by atoms with Crippen LogP contribution in [0, 0.1) is 6.92 Å². The molecule has 0 bridgehead atoms. The Bertz CT molecular complexity index is 216. The molecule has 0 saturated heterocycles. The van der Waals surface area contributed by atoms with Crippen LogP contribution < -0.4 is 10.5 Å². The molecule has 1 radical (unpaired) electrons. The van der Waals surface area contributed by atoms with Crippen molar-refractivity contribution in [1.82, 2.24) is 0 Å². The number of hydrogen-bond donors (Lipinski definition) is 1. The Labute approximate surface area is 86.1 Å². The predicted molar refractivity (Wildman–Crippen MR) is 59.3 cm³/mol. The van der Waals surface area contributed by atoms with E-state index < -0.39 is 0 Å². The fourth-order valence-electron chi connectivity index (χ4n) is 1.26. The Morgan fingerprint density at radius 2 is 1.93 bits per heavy atom. The number of rotatable bonds is 6. The summed E-state index contributed by atoms with van der Waals surface area (Å²) >= 11 is 0. The van der Waals surface area contributed by atoms with Gasteiger partial charge < -0.3 is 10.5 Å². The summed E-state index contributed by atoms with van der Waals surface area (Å²) in [5, 5.41) is 0. The van der Waals surface area contributed by atoms with Crippen molar-refractivity contribution < 1.29 is 4.74 Å². The number of nitrogens with two attached hydrogens (primary N) is 1. The van der Waals surface area contributed by atoms with E-state index in [1.54, 1.807) is 0 Å². The molecule has 0 atom stereocenters. The Morgan fingerprint density at radius 1 is 1.21 bits per heavy atom. The van der Waals surface area contributed by atoms with Gasteiger partial charge in [-0.3, -0.25) is 0 Å². The van der Waals surface area contributed by atoms with Crippen molar-refractivity contribution in [3.8, 4) is 5.75 Å². The minimum Gasteiger partial charge on any atom is -0.492 e. The summed E-state index contributed by atoms with van der Waals surface area (Å²) in [7, 11) is 0. The molecule has 0 spiro atoms. The van der Waals surface area contributed by atoms with Crippen molar-refractivity contribution in [1.29, 1.82) is 0 Å². The smallest absolute Gasteiger partial charge is 0.119 e. The lowest BCUT2D eigenvalue weighted by atomic mass is 10.1. The Hall–Kier alpha value is -1.02. The van der Waals surface area contributed by atoms with Gasteiger partial charge in [0, 0.05) is 6.54 Å². The zero-order valence-electron chi connectivity index (χ0n) is 8.54. The third-order valence-electron chi connectivity index (χ3n) is 2.03. The lowest BCUT2D eigenvalue weighted by molar-refractivity contribution is 0.328. The number of aryl methyl sites for hydroxylation is 1. The van der Waals surface area contributed by atoms with Gasteiger partial charge in [0.15, 0.2) is 0 Å². The van der Waals surface area contributed by atoms with Crippen LogP contribution in [-0.4, -0.2) is 13.2 Å². The lowest BCUT2D eigenvalue weighted by Gasteiger charge is -2.05. The second-order valence-electron chi connectivity index (χ2n) is 3.24. The first-order valence-corrected chi connectivity index (χ1v) is 5.08. The van der Waals surface area contributed by atoms with E-state index in [0.717, 1.165) is 25.0 Å². The Balaban J connectivity index is 2.42. The highest BCUT2D eigenvalue weighted by Gasteiger charge is 1.94. The molecule has 0 fully saturated rings. The first-order chi connectivity index (χ1) is 6.86. The van der Waals surface area contributed by atoms with E-state index in [0.29, 0.717) is 13.2 Å². The molecule has 77 valence electrons. The minimum absolute atomic E-state index is 0.559. The normalized spacial score (nSPS) is 10.1. The van der Waals surface area contributed by atoms with Crippen molar-refractivity contribution in [2.24, 2.45) is 5.73 Å². The van der Waals surface area contributed by atoms with E-state index in [9.17, 15) is 0 Å². The maximum Gasteiger partial charge on any atom is 0.119 e. The average Bonchev–Trinajstić information content (AvgIpc) is 2.25. The lowest BCUT2D eigenvalue weighted by Crippen LogP contribution is -2.10. The zero-order chi connectivity index (χ0) is 10.2. The maximum atomic E-state index is 5.38. The summed E-state index contributed by atoms with van der Waals surface area (Å²) in [5.74, 6) is 0.897. The fourth-order valence-corrected chi connectivity index (χ4v) is 1.26. The molecule has 1 aromatic carbocycles. The van der Waals surface area contributed by atoms with E-state index in [1.807, 2.05) is 12.1 Å². The molecule has 0 aliphatic heterocycles. The molecule has 0 unspecified atom stereocenters. The second kappa shape index (κ2) is 6.44. The largest absolute Gasteiger partial charge is 0.492 e. The van der Waals surface area contributed by atoms with E-state index in [1.165, 1.54) is 5.56 Å². The molecule has 2 heteroatoms. The molecule has 0 amide bonds. The van der Waals surface area contributed by atoms with Crippen LogP contribution in [0.2, 0.25) is 0 Å². The highest BCUT2D eigenvalue weighted by atomic mass is 16.5.